The highest BCUT2D eigenvalue weighted by molar-refractivity contribution is 5.35. The van der Waals surface area contributed by atoms with Gasteiger partial charge in [-0.05, 0) is 63.1 Å². The smallest absolute Gasteiger partial charge is 0.432 e. The SMILES string of the molecule is Cc1cc(F)c(C(F)(F)OC2C=CC(C(F)(F)OC3CCC(C(F)(F)Oc4cc(F)c(OC(F)(F)F)c(F)c4)CC3)CC2)c(F)c1. The van der Waals surface area contributed by atoms with Gasteiger partial charge in [0.1, 0.15) is 22.9 Å². The van der Waals surface area contributed by atoms with Crippen LogP contribution in [0.15, 0.2) is 36.4 Å². The van der Waals surface area contributed by atoms with Crippen molar-refractivity contribution in [1.29, 1.82) is 0 Å². The molecule has 4 rings (SSSR count). The van der Waals surface area contributed by atoms with Gasteiger partial charge in [-0.25, -0.2) is 17.6 Å². The molecule has 0 heterocycles. The highest BCUT2D eigenvalue weighted by Gasteiger charge is 2.49. The third-order valence-corrected chi connectivity index (χ3v) is 7.45. The van der Waals surface area contributed by atoms with Gasteiger partial charge in [0.25, 0.3) is 0 Å². The topological polar surface area (TPSA) is 36.9 Å². The Bertz CT molecular complexity index is 1370. The van der Waals surface area contributed by atoms with Gasteiger partial charge in [-0.3, -0.25) is 0 Å². The molecular formula is C29H25F13O4. The molecule has 0 bridgehead atoms. The second-order valence-corrected chi connectivity index (χ2v) is 10.9. The third-order valence-electron chi connectivity index (χ3n) is 7.45. The molecule has 0 aliphatic heterocycles. The van der Waals surface area contributed by atoms with Crippen LogP contribution < -0.4 is 9.47 Å². The van der Waals surface area contributed by atoms with E-state index in [4.69, 9.17) is 4.74 Å². The molecule has 2 aromatic carbocycles. The minimum absolute atomic E-state index is 0.0493. The van der Waals surface area contributed by atoms with E-state index in [9.17, 15) is 57.1 Å². The number of benzene rings is 2. The maximum atomic E-state index is 14.9. The molecule has 0 saturated heterocycles. The van der Waals surface area contributed by atoms with Crippen LogP contribution in [0.5, 0.6) is 11.5 Å². The normalized spacial score (nSPS) is 23.0. The van der Waals surface area contributed by atoms with E-state index >= 15 is 0 Å². The van der Waals surface area contributed by atoms with E-state index in [2.05, 4.69) is 14.2 Å². The second kappa shape index (κ2) is 13.1. The Balaban J connectivity index is 1.30. The van der Waals surface area contributed by atoms with E-state index in [1.165, 1.54) is 6.92 Å². The Hall–Kier alpha value is -3.21. The van der Waals surface area contributed by atoms with Crippen molar-refractivity contribution in [3.8, 4) is 11.5 Å². The van der Waals surface area contributed by atoms with Crippen LogP contribution in [0, 0.1) is 42.0 Å². The van der Waals surface area contributed by atoms with Gasteiger partial charge in [-0.2, -0.15) is 26.3 Å². The third kappa shape index (κ3) is 8.57. The fourth-order valence-corrected chi connectivity index (χ4v) is 5.28. The molecule has 46 heavy (non-hydrogen) atoms. The van der Waals surface area contributed by atoms with Gasteiger partial charge in [-0.15, -0.1) is 13.2 Å². The number of rotatable bonds is 10. The summed E-state index contributed by atoms with van der Waals surface area (Å²) in [5.41, 5.74) is -1.57. The second-order valence-electron chi connectivity index (χ2n) is 10.9. The van der Waals surface area contributed by atoms with Gasteiger partial charge in [-0.1, -0.05) is 12.2 Å². The molecule has 2 atom stereocenters. The Labute approximate surface area is 253 Å². The molecule has 2 aliphatic rings. The number of hydrogen-bond acceptors (Lipinski definition) is 4. The molecule has 2 aliphatic carbocycles. The zero-order valence-corrected chi connectivity index (χ0v) is 23.6. The van der Waals surface area contributed by atoms with Crippen LogP contribution in [0.25, 0.3) is 0 Å². The van der Waals surface area contributed by atoms with Crippen LogP contribution in [0.4, 0.5) is 57.1 Å². The molecular weight excluding hydrogens is 659 g/mol. The molecule has 2 unspecified atom stereocenters. The van der Waals surface area contributed by atoms with Gasteiger partial charge in [0, 0.05) is 12.1 Å². The number of aryl methyl sites for hydroxylation is 1. The van der Waals surface area contributed by atoms with Crippen LogP contribution in [0.3, 0.4) is 0 Å². The molecule has 1 saturated carbocycles. The van der Waals surface area contributed by atoms with Gasteiger partial charge < -0.3 is 18.9 Å². The van der Waals surface area contributed by atoms with Crippen molar-refractivity contribution < 1.29 is 76.0 Å². The maximum absolute atomic E-state index is 14.9. The summed E-state index contributed by atoms with van der Waals surface area (Å²) in [6.07, 6.45) is -21.2. The van der Waals surface area contributed by atoms with Crippen molar-refractivity contribution in [2.24, 2.45) is 11.8 Å². The van der Waals surface area contributed by atoms with E-state index in [0.29, 0.717) is 12.1 Å². The molecule has 1 fully saturated rings. The lowest BCUT2D eigenvalue weighted by Gasteiger charge is -2.36. The highest BCUT2D eigenvalue weighted by Crippen LogP contribution is 2.44. The minimum atomic E-state index is -5.46. The fraction of sp³-hybridized carbons (Fsp3) is 0.517. The van der Waals surface area contributed by atoms with E-state index < -0.39 is 115 Å². The summed E-state index contributed by atoms with van der Waals surface area (Å²) in [6.45, 7) is 1.29. The van der Waals surface area contributed by atoms with Crippen LogP contribution in [-0.4, -0.2) is 30.8 Å². The molecule has 0 aromatic heterocycles. The van der Waals surface area contributed by atoms with E-state index in [-0.39, 0.29) is 30.5 Å². The molecule has 256 valence electrons. The van der Waals surface area contributed by atoms with Crippen LogP contribution in [-0.2, 0) is 15.6 Å². The number of alkyl halides is 9. The average Bonchev–Trinajstić information content (AvgIpc) is 2.89. The summed E-state index contributed by atoms with van der Waals surface area (Å²) in [5, 5.41) is 0. The first-order valence-corrected chi connectivity index (χ1v) is 13.7. The van der Waals surface area contributed by atoms with Gasteiger partial charge in [0.05, 0.1) is 24.0 Å². The summed E-state index contributed by atoms with van der Waals surface area (Å²) in [5.74, 6) is -13.3. The summed E-state index contributed by atoms with van der Waals surface area (Å²) in [6, 6.07) is 1.51. The Morgan fingerprint density at radius 2 is 1.17 bits per heavy atom. The quantitative estimate of drug-likeness (QED) is 0.185. The Kier molecular flexibility index (Phi) is 10.2. The van der Waals surface area contributed by atoms with Crippen molar-refractivity contribution in [3.05, 3.63) is 70.8 Å². The average molecular weight is 684 g/mol. The predicted octanol–water partition coefficient (Wildman–Crippen LogP) is 9.69. The predicted molar refractivity (Wildman–Crippen MR) is 132 cm³/mol. The van der Waals surface area contributed by atoms with Crippen LogP contribution >= 0.6 is 0 Å². The summed E-state index contributed by atoms with van der Waals surface area (Å²) in [7, 11) is 0. The number of halogens is 13. The first-order valence-electron chi connectivity index (χ1n) is 13.7. The van der Waals surface area contributed by atoms with Crippen molar-refractivity contribution in [2.45, 2.75) is 82.3 Å². The van der Waals surface area contributed by atoms with Gasteiger partial charge >= 0.3 is 24.7 Å². The molecule has 17 heteroatoms. The number of hydrogen-bond donors (Lipinski definition) is 0. The summed E-state index contributed by atoms with van der Waals surface area (Å²) >= 11 is 0. The van der Waals surface area contributed by atoms with Crippen LogP contribution in [0.2, 0.25) is 0 Å². The molecule has 0 spiro atoms. The molecule has 0 radical (unpaired) electrons. The van der Waals surface area contributed by atoms with Gasteiger partial charge in [0.15, 0.2) is 11.6 Å². The molecule has 4 nitrogen and oxygen atoms in total. The number of ether oxygens (including phenoxy) is 4. The summed E-state index contributed by atoms with van der Waals surface area (Å²) in [4.78, 5) is 0. The zero-order valence-electron chi connectivity index (χ0n) is 23.6. The fourth-order valence-electron chi connectivity index (χ4n) is 5.28. The van der Waals surface area contributed by atoms with Crippen molar-refractivity contribution in [1.82, 2.24) is 0 Å². The van der Waals surface area contributed by atoms with E-state index in [1.807, 2.05) is 0 Å². The molecule has 0 amide bonds. The van der Waals surface area contributed by atoms with Crippen molar-refractivity contribution in [3.63, 3.8) is 0 Å². The largest absolute Gasteiger partial charge is 0.573 e. The van der Waals surface area contributed by atoms with E-state index in [0.717, 1.165) is 12.2 Å². The Morgan fingerprint density at radius 3 is 1.67 bits per heavy atom. The monoisotopic (exact) mass is 684 g/mol. The van der Waals surface area contributed by atoms with E-state index in [1.54, 1.807) is 0 Å². The lowest BCUT2D eigenvalue weighted by Crippen LogP contribution is -2.42. The molecule has 0 N–H and O–H groups in total. The molecule has 2 aromatic rings. The Morgan fingerprint density at radius 1 is 0.609 bits per heavy atom. The highest BCUT2D eigenvalue weighted by atomic mass is 19.4. The maximum Gasteiger partial charge on any atom is 0.573 e. The zero-order chi connectivity index (χ0) is 34.2. The lowest BCUT2D eigenvalue weighted by atomic mass is 9.86. The summed E-state index contributed by atoms with van der Waals surface area (Å²) < 4.78 is 198. The van der Waals surface area contributed by atoms with Gasteiger partial charge in [0.2, 0.25) is 5.75 Å². The van der Waals surface area contributed by atoms with Crippen molar-refractivity contribution in [2.75, 3.05) is 0 Å². The van der Waals surface area contributed by atoms with Crippen molar-refractivity contribution >= 4 is 0 Å². The standard InChI is InChI=1S/C29H25F13O4/c1-14-10-20(30)24(21(31)11-14)28(38,39)44-18-8-4-15(5-9-18)26(34,35)43-17-6-2-16(3-7-17)27(36,37)45-19-12-22(32)25(23(33)13-19)46-29(40,41)42/h4,8,10-13,15-18H,2-3,5-7,9H2,1H3. The first kappa shape index (κ1) is 35.6. The minimum Gasteiger partial charge on any atom is -0.432 e. The lowest BCUT2D eigenvalue weighted by molar-refractivity contribution is -0.299. The first-order chi connectivity index (χ1) is 21.2. The van der Waals surface area contributed by atoms with Crippen LogP contribution in [0.1, 0.15) is 49.7 Å².